The Kier molecular flexibility index (Phi) is 6.64. The van der Waals surface area contributed by atoms with E-state index in [1.807, 2.05) is 42.5 Å². The Hall–Kier alpha value is -4.40. The normalized spacial score (nSPS) is 17.4. The van der Waals surface area contributed by atoms with Crippen LogP contribution in [0.5, 0.6) is 0 Å². The van der Waals surface area contributed by atoms with Crippen LogP contribution in [0.25, 0.3) is 10.8 Å². The molecule has 1 atom stereocenters. The Balaban J connectivity index is 1.22. The van der Waals surface area contributed by atoms with Gasteiger partial charge in [0.05, 0.1) is 29.6 Å². The van der Waals surface area contributed by atoms with E-state index in [1.165, 1.54) is 29.4 Å². The molecule has 39 heavy (non-hydrogen) atoms. The number of amides is 1. The second-order valence-corrected chi connectivity index (χ2v) is 11.3. The second kappa shape index (κ2) is 10.4. The molecule has 0 fully saturated rings. The first-order valence-corrected chi connectivity index (χ1v) is 14.1. The van der Waals surface area contributed by atoms with Crippen molar-refractivity contribution in [3.05, 3.63) is 89.3 Å². The van der Waals surface area contributed by atoms with Crippen LogP contribution in [0.3, 0.4) is 0 Å². The fourth-order valence-corrected chi connectivity index (χ4v) is 6.67. The molecule has 2 aromatic heterocycles. The molecule has 0 saturated carbocycles. The van der Waals surface area contributed by atoms with Gasteiger partial charge in [0.1, 0.15) is 11.6 Å². The largest absolute Gasteiger partial charge is 0.468 e. The van der Waals surface area contributed by atoms with E-state index in [4.69, 9.17) is 10.2 Å². The van der Waals surface area contributed by atoms with Gasteiger partial charge < -0.3 is 15.5 Å². The molecule has 0 radical (unpaired) electrons. The highest BCUT2D eigenvalue weighted by Gasteiger charge is 2.42. The third kappa shape index (κ3) is 4.69. The second-order valence-electron chi connectivity index (χ2n) is 9.08. The molecule has 9 nitrogen and oxygen atoms in total. The topological polar surface area (TPSA) is 138 Å². The van der Waals surface area contributed by atoms with Crippen molar-refractivity contribution < 1.29 is 14.0 Å². The number of Topliss-reactive ketones (excluding diaryl/α,β-unsaturated/α-hetero) is 1. The lowest BCUT2D eigenvalue weighted by molar-refractivity contribution is -0.116. The molecular formula is C28H22N6O3S2. The molecule has 3 heterocycles. The number of benzene rings is 2. The van der Waals surface area contributed by atoms with Gasteiger partial charge in [-0.2, -0.15) is 5.26 Å². The predicted octanol–water partition coefficient (Wildman–Crippen LogP) is 5.32. The Labute approximate surface area is 232 Å². The van der Waals surface area contributed by atoms with E-state index < -0.39 is 5.92 Å². The van der Waals surface area contributed by atoms with Crippen molar-refractivity contribution in [3.8, 4) is 6.07 Å². The number of ketones is 1. The zero-order valence-corrected chi connectivity index (χ0v) is 22.2. The van der Waals surface area contributed by atoms with Crippen molar-refractivity contribution in [1.29, 1.82) is 5.26 Å². The molecule has 4 aromatic rings. The first kappa shape index (κ1) is 24.9. The average molecular weight is 555 g/mol. The number of nitrogens with one attached hydrogen (secondary N) is 1. The van der Waals surface area contributed by atoms with Crippen LogP contribution in [0.2, 0.25) is 0 Å². The number of nitriles is 1. The van der Waals surface area contributed by atoms with Crippen molar-refractivity contribution in [2.75, 3.05) is 16.0 Å². The summed E-state index contributed by atoms with van der Waals surface area (Å²) < 4.78 is 6.17. The fourth-order valence-electron chi connectivity index (χ4n) is 4.99. The number of carbonyl (C=O) groups excluding carboxylic acids is 2. The molecule has 6 rings (SSSR count). The number of nitrogens with zero attached hydrogens (tertiary/aromatic N) is 4. The Bertz CT molecular complexity index is 1700. The van der Waals surface area contributed by atoms with Crippen LogP contribution in [-0.4, -0.2) is 27.6 Å². The van der Waals surface area contributed by atoms with E-state index in [0.717, 1.165) is 16.5 Å². The van der Waals surface area contributed by atoms with E-state index >= 15 is 0 Å². The maximum absolute atomic E-state index is 13.1. The number of furan rings is 1. The standard InChI is InChI=1S/C28H22N6O3S2/c29-14-19-24(22-9-4-12-37-22)25-20(7-3-8-21(25)35)34(26(19)30)27-32-33-28(39-27)38-15-23(36)31-18-11-10-16-5-1-2-6-17(16)13-18/h1-2,4-6,9-13,24H,3,7-8,15,30H2,(H,31,36). The summed E-state index contributed by atoms with van der Waals surface area (Å²) in [6.45, 7) is 0. The Morgan fingerprint density at radius 2 is 2.03 bits per heavy atom. The molecule has 2 aromatic carbocycles. The first-order chi connectivity index (χ1) is 19.0. The maximum atomic E-state index is 13.1. The lowest BCUT2D eigenvalue weighted by Gasteiger charge is -2.37. The number of nitrogens with two attached hydrogens (primary N) is 1. The Morgan fingerprint density at radius 1 is 1.18 bits per heavy atom. The molecule has 1 amide bonds. The van der Waals surface area contributed by atoms with Crippen LogP contribution in [0.4, 0.5) is 10.8 Å². The molecule has 194 valence electrons. The summed E-state index contributed by atoms with van der Waals surface area (Å²) >= 11 is 2.51. The summed E-state index contributed by atoms with van der Waals surface area (Å²) in [7, 11) is 0. The van der Waals surface area contributed by atoms with Crippen LogP contribution in [-0.2, 0) is 9.59 Å². The average Bonchev–Trinajstić information content (AvgIpc) is 3.64. The highest BCUT2D eigenvalue weighted by molar-refractivity contribution is 8.01. The van der Waals surface area contributed by atoms with E-state index in [0.29, 0.717) is 45.8 Å². The lowest BCUT2D eigenvalue weighted by atomic mass is 9.78. The number of allylic oxidation sites excluding steroid dienone is 3. The zero-order chi connectivity index (χ0) is 26.9. The van der Waals surface area contributed by atoms with E-state index in [1.54, 1.807) is 17.0 Å². The number of rotatable bonds is 6. The minimum absolute atomic E-state index is 0.0348. The van der Waals surface area contributed by atoms with Gasteiger partial charge in [-0.3, -0.25) is 14.5 Å². The number of thioether (sulfide) groups is 1. The van der Waals surface area contributed by atoms with Crippen LogP contribution >= 0.6 is 23.1 Å². The molecule has 1 unspecified atom stereocenters. The molecule has 0 spiro atoms. The summed E-state index contributed by atoms with van der Waals surface area (Å²) in [5.41, 5.74) is 8.72. The van der Waals surface area contributed by atoms with Crippen molar-refractivity contribution in [2.45, 2.75) is 29.5 Å². The van der Waals surface area contributed by atoms with E-state index in [-0.39, 0.29) is 28.8 Å². The molecule has 1 aliphatic carbocycles. The minimum atomic E-state index is -0.649. The monoisotopic (exact) mass is 554 g/mol. The van der Waals surface area contributed by atoms with Crippen molar-refractivity contribution in [3.63, 3.8) is 0 Å². The molecule has 2 aliphatic rings. The quantitative estimate of drug-likeness (QED) is 0.303. The van der Waals surface area contributed by atoms with Gasteiger partial charge in [-0.15, -0.1) is 10.2 Å². The van der Waals surface area contributed by atoms with Gasteiger partial charge in [0, 0.05) is 23.4 Å². The summed E-state index contributed by atoms with van der Waals surface area (Å²) in [4.78, 5) is 27.4. The van der Waals surface area contributed by atoms with Crippen LogP contribution in [0, 0.1) is 11.3 Å². The van der Waals surface area contributed by atoms with E-state index in [9.17, 15) is 14.9 Å². The molecule has 0 saturated heterocycles. The Morgan fingerprint density at radius 3 is 2.82 bits per heavy atom. The van der Waals surface area contributed by atoms with E-state index in [2.05, 4.69) is 21.6 Å². The van der Waals surface area contributed by atoms with Crippen molar-refractivity contribution >= 4 is 56.4 Å². The molecule has 3 N–H and O–H groups in total. The van der Waals surface area contributed by atoms with Crippen molar-refractivity contribution in [2.24, 2.45) is 5.73 Å². The SMILES string of the molecule is N#CC1=C(N)N(c2nnc(SCC(=O)Nc3ccc4ccccc4c3)s2)C2=C(C(=O)CCC2)C1c1ccco1. The summed E-state index contributed by atoms with van der Waals surface area (Å²) in [5, 5.41) is 24.1. The smallest absolute Gasteiger partial charge is 0.234 e. The van der Waals surface area contributed by atoms with Crippen LogP contribution in [0.15, 0.2) is 92.3 Å². The van der Waals surface area contributed by atoms with Gasteiger partial charge >= 0.3 is 0 Å². The molecule has 11 heteroatoms. The van der Waals surface area contributed by atoms with Crippen LogP contribution < -0.4 is 16.0 Å². The van der Waals surface area contributed by atoms with Crippen molar-refractivity contribution in [1.82, 2.24) is 10.2 Å². The van der Waals surface area contributed by atoms with Gasteiger partial charge in [0.2, 0.25) is 11.0 Å². The minimum Gasteiger partial charge on any atom is -0.468 e. The number of carbonyl (C=O) groups is 2. The number of anilines is 2. The predicted molar refractivity (Wildman–Crippen MR) is 150 cm³/mol. The third-order valence-electron chi connectivity index (χ3n) is 6.69. The van der Waals surface area contributed by atoms with Gasteiger partial charge in [-0.25, -0.2) is 0 Å². The highest BCUT2D eigenvalue weighted by Crippen LogP contribution is 2.47. The molecular weight excluding hydrogens is 532 g/mol. The van der Waals surface area contributed by atoms with Gasteiger partial charge in [-0.05, 0) is 47.9 Å². The van der Waals surface area contributed by atoms with Gasteiger partial charge in [0.15, 0.2) is 10.1 Å². The molecule has 0 bridgehead atoms. The third-order valence-corrected chi connectivity index (χ3v) is 8.73. The van der Waals surface area contributed by atoms with Gasteiger partial charge in [0.25, 0.3) is 0 Å². The zero-order valence-electron chi connectivity index (χ0n) is 20.6. The lowest BCUT2D eigenvalue weighted by Crippen LogP contribution is -2.38. The number of fused-ring (bicyclic) bond motifs is 1. The summed E-state index contributed by atoms with van der Waals surface area (Å²) in [6, 6.07) is 19.4. The fraction of sp³-hybridized carbons (Fsp3) is 0.179. The number of hydrogen-bond acceptors (Lipinski definition) is 10. The van der Waals surface area contributed by atoms with Gasteiger partial charge in [-0.1, -0.05) is 53.4 Å². The summed E-state index contributed by atoms with van der Waals surface area (Å²) in [5.74, 6) is -0.00211. The first-order valence-electron chi connectivity index (χ1n) is 12.3. The highest BCUT2D eigenvalue weighted by atomic mass is 32.2. The summed E-state index contributed by atoms with van der Waals surface area (Å²) in [6.07, 6.45) is 3.19. The maximum Gasteiger partial charge on any atom is 0.234 e. The van der Waals surface area contributed by atoms with Crippen LogP contribution in [0.1, 0.15) is 30.9 Å². The molecule has 1 aliphatic heterocycles. The number of aromatic nitrogens is 2. The number of hydrogen-bond donors (Lipinski definition) is 2.